The Morgan fingerprint density at radius 3 is 2.38 bits per heavy atom. The van der Waals surface area contributed by atoms with Crippen molar-refractivity contribution in [2.75, 3.05) is 33.4 Å². The number of ether oxygens (including phenoxy) is 2. The molecule has 5 aliphatic rings. The number of methoxy groups -OCH3 is 1. The van der Waals surface area contributed by atoms with Gasteiger partial charge in [0.15, 0.2) is 5.78 Å². The molecule has 1 aromatic rings. The number of Topliss-reactive ketones (excluding diaryl/α,β-unsaturated/α-hetero) is 1. The number of carbonyl (C=O) groups excluding carboxylic acids is 3. The number of likely N-dealkylation sites (tertiary alicyclic amines) is 2. The van der Waals surface area contributed by atoms with E-state index in [1.165, 1.54) is 44.3 Å². The molecular formula is C29H39N3O5. The van der Waals surface area contributed by atoms with Crippen LogP contribution >= 0.6 is 0 Å². The molecular weight excluding hydrogens is 470 g/mol. The molecule has 6 rings (SSSR count). The van der Waals surface area contributed by atoms with Crippen molar-refractivity contribution in [1.82, 2.24) is 15.1 Å². The van der Waals surface area contributed by atoms with Gasteiger partial charge in [-0.15, -0.1) is 0 Å². The average molecular weight is 510 g/mol. The maximum absolute atomic E-state index is 13.8. The molecule has 3 aliphatic heterocycles. The number of fused-ring (bicyclic) bond motifs is 1. The fourth-order valence-electron chi connectivity index (χ4n) is 7.07. The maximum atomic E-state index is 13.8. The van der Waals surface area contributed by atoms with E-state index in [1.807, 2.05) is 12.1 Å². The van der Waals surface area contributed by atoms with Crippen molar-refractivity contribution in [2.24, 2.45) is 5.92 Å². The molecule has 2 amide bonds. The summed E-state index contributed by atoms with van der Waals surface area (Å²) in [5.41, 5.74) is 1.87. The van der Waals surface area contributed by atoms with Gasteiger partial charge in [0.25, 0.3) is 5.91 Å². The first-order valence-corrected chi connectivity index (χ1v) is 14.2. The van der Waals surface area contributed by atoms with Gasteiger partial charge < -0.3 is 24.6 Å². The van der Waals surface area contributed by atoms with E-state index in [0.717, 1.165) is 31.7 Å². The Balaban J connectivity index is 1.13. The summed E-state index contributed by atoms with van der Waals surface area (Å²) in [5.74, 6) is 0.113. The van der Waals surface area contributed by atoms with Gasteiger partial charge in [-0.25, -0.2) is 0 Å². The van der Waals surface area contributed by atoms with E-state index in [4.69, 9.17) is 9.47 Å². The molecule has 0 bridgehead atoms. The highest BCUT2D eigenvalue weighted by molar-refractivity contribution is 5.99. The molecule has 2 aliphatic carbocycles. The molecule has 1 aromatic carbocycles. The number of piperidine rings is 1. The van der Waals surface area contributed by atoms with E-state index in [2.05, 4.69) is 22.3 Å². The van der Waals surface area contributed by atoms with Gasteiger partial charge in [0.05, 0.1) is 6.54 Å². The van der Waals surface area contributed by atoms with Crippen molar-refractivity contribution >= 4 is 17.6 Å². The third-order valence-electron chi connectivity index (χ3n) is 9.38. The van der Waals surface area contributed by atoms with Crippen LogP contribution in [0.2, 0.25) is 0 Å². The number of rotatable bonds is 7. The van der Waals surface area contributed by atoms with Crippen LogP contribution in [-0.2, 0) is 19.1 Å². The molecule has 0 unspecified atom stereocenters. The van der Waals surface area contributed by atoms with Crippen molar-refractivity contribution in [2.45, 2.75) is 87.6 Å². The summed E-state index contributed by atoms with van der Waals surface area (Å²) >= 11 is 0. The Bertz CT molecular complexity index is 1010. The highest BCUT2D eigenvalue weighted by atomic mass is 16.5. The SMILES string of the molecule is CO[C@@H]1CN(C(=O)[C@@H](NC(=O)c2ccc(C3CCN(C4CC4)CC3)cc2)C2CCCC2)[C@@H]2C(=O)CO[C@@H]21. The lowest BCUT2D eigenvalue weighted by Crippen LogP contribution is -2.54. The maximum Gasteiger partial charge on any atom is 0.251 e. The van der Waals surface area contributed by atoms with Crippen molar-refractivity contribution in [3.05, 3.63) is 35.4 Å². The number of hydrogen-bond acceptors (Lipinski definition) is 6. The summed E-state index contributed by atoms with van der Waals surface area (Å²) in [4.78, 5) is 44.0. The van der Waals surface area contributed by atoms with Crippen LogP contribution in [-0.4, -0.2) is 91.1 Å². The Hall–Kier alpha value is -2.29. The molecule has 37 heavy (non-hydrogen) atoms. The lowest BCUT2D eigenvalue weighted by molar-refractivity contribution is -0.139. The molecule has 3 saturated heterocycles. The minimum Gasteiger partial charge on any atom is -0.377 e. The summed E-state index contributed by atoms with van der Waals surface area (Å²) in [6.07, 6.45) is 8.19. The number of benzene rings is 1. The Morgan fingerprint density at radius 2 is 1.73 bits per heavy atom. The summed E-state index contributed by atoms with van der Waals surface area (Å²) < 4.78 is 11.2. The highest BCUT2D eigenvalue weighted by Gasteiger charge is 2.54. The van der Waals surface area contributed by atoms with E-state index in [9.17, 15) is 14.4 Å². The largest absolute Gasteiger partial charge is 0.377 e. The van der Waals surface area contributed by atoms with Crippen molar-refractivity contribution in [1.29, 1.82) is 0 Å². The monoisotopic (exact) mass is 509 g/mol. The summed E-state index contributed by atoms with van der Waals surface area (Å²) in [6, 6.07) is 7.52. The molecule has 0 spiro atoms. The van der Waals surface area contributed by atoms with Crippen LogP contribution in [0.1, 0.15) is 73.2 Å². The molecule has 8 nitrogen and oxygen atoms in total. The van der Waals surface area contributed by atoms with E-state index in [1.54, 1.807) is 12.0 Å². The number of nitrogens with zero attached hydrogens (tertiary/aromatic N) is 2. The number of amides is 2. The first-order valence-electron chi connectivity index (χ1n) is 14.2. The zero-order valence-corrected chi connectivity index (χ0v) is 21.8. The number of ketones is 1. The minimum atomic E-state index is -0.647. The van der Waals surface area contributed by atoms with Gasteiger partial charge in [-0.1, -0.05) is 25.0 Å². The zero-order chi connectivity index (χ0) is 25.5. The van der Waals surface area contributed by atoms with Crippen LogP contribution in [0, 0.1) is 5.92 Å². The topological polar surface area (TPSA) is 88.2 Å². The van der Waals surface area contributed by atoms with E-state index in [0.29, 0.717) is 18.0 Å². The van der Waals surface area contributed by atoms with Crippen LogP contribution in [0.3, 0.4) is 0 Å². The summed E-state index contributed by atoms with van der Waals surface area (Å²) in [7, 11) is 1.58. The molecule has 2 saturated carbocycles. The lowest BCUT2D eigenvalue weighted by Gasteiger charge is -2.32. The van der Waals surface area contributed by atoms with E-state index >= 15 is 0 Å². The standard InChI is InChI=1S/C29H39N3O5/c1-36-24-16-32(26-23(33)17-37-27(24)26)29(35)25(20-4-2-3-5-20)30-28(34)21-8-6-18(7-9-21)19-12-14-31(15-13-19)22-10-11-22/h6-9,19-20,22,24-27H,2-5,10-17H2,1H3,(H,30,34)/t24-,25+,26-,27-/m1/s1. The minimum absolute atomic E-state index is 0.00534. The predicted octanol–water partition coefficient (Wildman–Crippen LogP) is 2.51. The number of nitrogens with one attached hydrogen (secondary N) is 1. The van der Waals surface area contributed by atoms with E-state index in [-0.39, 0.29) is 36.2 Å². The molecule has 0 radical (unpaired) electrons. The van der Waals surface area contributed by atoms with Crippen LogP contribution in [0.4, 0.5) is 0 Å². The normalized spacial score (nSPS) is 30.0. The zero-order valence-electron chi connectivity index (χ0n) is 21.8. The molecule has 5 fully saturated rings. The fraction of sp³-hybridized carbons (Fsp3) is 0.690. The van der Waals surface area contributed by atoms with Gasteiger partial charge in [0, 0.05) is 18.7 Å². The van der Waals surface area contributed by atoms with Gasteiger partial charge in [-0.3, -0.25) is 14.4 Å². The van der Waals surface area contributed by atoms with Gasteiger partial charge in [-0.2, -0.15) is 0 Å². The summed E-state index contributed by atoms with van der Waals surface area (Å²) in [6.45, 7) is 2.65. The third-order valence-corrected chi connectivity index (χ3v) is 9.38. The van der Waals surface area contributed by atoms with Crippen LogP contribution in [0.15, 0.2) is 24.3 Å². The van der Waals surface area contributed by atoms with Crippen molar-refractivity contribution in [3.8, 4) is 0 Å². The second-order valence-corrected chi connectivity index (χ2v) is 11.6. The number of carbonyl (C=O) groups is 3. The van der Waals surface area contributed by atoms with Gasteiger partial charge in [0.2, 0.25) is 5.91 Å². The Morgan fingerprint density at radius 1 is 1.03 bits per heavy atom. The smallest absolute Gasteiger partial charge is 0.251 e. The fourth-order valence-corrected chi connectivity index (χ4v) is 7.07. The second kappa shape index (κ2) is 10.5. The van der Waals surface area contributed by atoms with Crippen molar-refractivity contribution < 1.29 is 23.9 Å². The number of hydrogen-bond donors (Lipinski definition) is 1. The van der Waals surface area contributed by atoms with Gasteiger partial charge >= 0.3 is 0 Å². The highest BCUT2D eigenvalue weighted by Crippen LogP contribution is 2.35. The van der Waals surface area contributed by atoms with Crippen molar-refractivity contribution in [3.63, 3.8) is 0 Å². The molecule has 4 atom stereocenters. The molecule has 3 heterocycles. The average Bonchev–Trinajstić information content (AvgIpc) is 3.32. The Kier molecular flexibility index (Phi) is 7.07. The third kappa shape index (κ3) is 4.95. The molecule has 8 heteroatoms. The summed E-state index contributed by atoms with van der Waals surface area (Å²) in [5, 5.41) is 3.07. The lowest BCUT2D eigenvalue weighted by atomic mass is 9.89. The van der Waals surface area contributed by atoms with Crippen LogP contribution in [0.25, 0.3) is 0 Å². The molecule has 200 valence electrons. The predicted molar refractivity (Wildman–Crippen MR) is 137 cm³/mol. The first-order chi connectivity index (χ1) is 18.0. The molecule has 1 N–H and O–H groups in total. The van der Waals surface area contributed by atoms with Crippen LogP contribution < -0.4 is 5.32 Å². The van der Waals surface area contributed by atoms with Crippen LogP contribution in [0.5, 0.6) is 0 Å². The quantitative estimate of drug-likeness (QED) is 0.608. The first kappa shape index (κ1) is 25.0. The Labute approximate surface area is 219 Å². The van der Waals surface area contributed by atoms with Gasteiger partial charge in [0.1, 0.15) is 30.9 Å². The molecule has 0 aromatic heterocycles. The van der Waals surface area contributed by atoms with Gasteiger partial charge in [-0.05, 0) is 81.1 Å². The van der Waals surface area contributed by atoms with E-state index < -0.39 is 18.2 Å². The second-order valence-electron chi connectivity index (χ2n) is 11.6.